The lowest BCUT2D eigenvalue weighted by Gasteiger charge is -2.03. The Morgan fingerprint density at radius 3 is 2.70 bits per heavy atom. The van der Waals surface area contributed by atoms with Crippen molar-refractivity contribution in [1.82, 2.24) is 10.3 Å². The molecule has 0 aliphatic carbocycles. The second-order valence-electron chi connectivity index (χ2n) is 4.70. The highest BCUT2D eigenvalue weighted by Gasteiger charge is 2.09. The Labute approximate surface area is 116 Å². The van der Waals surface area contributed by atoms with E-state index in [9.17, 15) is 4.79 Å². The molecule has 0 aliphatic rings. The van der Waals surface area contributed by atoms with E-state index in [1.54, 1.807) is 0 Å². The lowest BCUT2D eigenvalue weighted by molar-refractivity contribution is 0.0947. The largest absolute Gasteiger partial charge is 0.399 e. The third-order valence-electron chi connectivity index (χ3n) is 3.19. The van der Waals surface area contributed by atoms with Gasteiger partial charge < -0.3 is 16.0 Å². The Bertz CT molecular complexity index is 747. The smallest absolute Gasteiger partial charge is 0.267 e. The van der Waals surface area contributed by atoms with Gasteiger partial charge in [0.2, 0.25) is 0 Å². The second kappa shape index (κ2) is 5.09. The van der Waals surface area contributed by atoms with Gasteiger partial charge in [0.15, 0.2) is 0 Å². The summed E-state index contributed by atoms with van der Waals surface area (Å²) < 4.78 is 0. The van der Waals surface area contributed by atoms with Gasteiger partial charge in [0.1, 0.15) is 5.69 Å². The first kappa shape index (κ1) is 12.3. The number of anilines is 1. The molecule has 100 valence electrons. The molecule has 1 aromatic heterocycles. The number of nitrogens with two attached hydrogens (primary N) is 1. The Morgan fingerprint density at radius 2 is 1.90 bits per heavy atom. The van der Waals surface area contributed by atoms with Gasteiger partial charge in [0.25, 0.3) is 5.91 Å². The number of hydrogen-bond donors (Lipinski definition) is 3. The first-order valence-corrected chi connectivity index (χ1v) is 6.43. The number of H-pyrrole nitrogens is 1. The molecule has 4 N–H and O–H groups in total. The highest BCUT2D eigenvalue weighted by atomic mass is 16.1. The van der Waals surface area contributed by atoms with Crippen LogP contribution in [0.25, 0.3) is 10.9 Å². The van der Waals surface area contributed by atoms with E-state index in [1.165, 1.54) is 0 Å². The van der Waals surface area contributed by atoms with Gasteiger partial charge in [0, 0.05) is 23.1 Å². The lowest BCUT2D eigenvalue weighted by Crippen LogP contribution is -2.22. The van der Waals surface area contributed by atoms with E-state index in [0.717, 1.165) is 16.5 Å². The molecule has 0 atom stereocenters. The molecule has 0 fully saturated rings. The van der Waals surface area contributed by atoms with E-state index in [1.807, 2.05) is 54.6 Å². The Hall–Kier alpha value is -2.75. The zero-order chi connectivity index (χ0) is 13.9. The summed E-state index contributed by atoms with van der Waals surface area (Å²) in [6.45, 7) is 0.511. The zero-order valence-electron chi connectivity index (χ0n) is 10.9. The summed E-state index contributed by atoms with van der Waals surface area (Å²) in [5.74, 6) is -0.122. The standard InChI is InChI=1S/C16H15N3O/c17-13-6-7-14-12(8-13)9-15(19-14)16(20)18-10-11-4-2-1-3-5-11/h1-9,19H,10,17H2,(H,18,20). The average molecular weight is 265 g/mol. The van der Waals surface area contributed by atoms with Crippen LogP contribution in [0, 0.1) is 0 Å². The topological polar surface area (TPSA) is 70.9 Å². The number of aromatic amines is 1. The molecular weight excluding hydrogens is 250 g/mol. The minimum Gasteiger partial charge on any atom is -0.399 e. The number of hydrogen-bond acceptors (Lipinski definition) is 2. The summed E-state index contributed by atoms with van der Waals surface area (Å²) in [4.78, 5) is 15.2. The van der Waals surface area contributed by atoms with Crippen molar-refractivity contribution in [2.75, 3.05) is 5.73 Å². The molecule has 0 unspecified atom stereocenters. The number of rotatable bonds is 3. The quantitative estimate of drug-likeness (QED) is 0.637. The van der Waals surface area contributed by atoms with Crippen LogP contribution in [0.5, 0.6) is 0 Å². The molecule has 0 bridgehead atoms. The summed E-state index contributed by atoms with van der Waals surface area (Å²) in [6, 6.07) is 17.2. The summed E-state index contributed by atoms with van der Waals surface area (Å²) in [5.41, 5.74) is 8.94. The van der Waals surface area contributed by atoms with E-state index in [2.05, 4.69) is 10.3 Å². The molecule has 4 nitrogen and oxygen atoms in total. The van der Waals surface area contributed by atoms with Gasteiger partial charge in [-0.25, -0.2) is 0 Å². The van der Waals surface area contributed by atoms with Crippen LogP contribution in [-0.2, 0) is 6.54 Å². The first-order chi connectivity index (χ1) is 9.72. The fraction of sp³-hybridized carbons (Fsp3) is 0.0625. The Kier molecular flexibility index (Phi) is 3.13. The minimum absolute atomic E-state index is 0.122. The molecule has 4 heteroatoms. The third kappa shape index (κ3) is 2.49. The predicted molar refractivity (Wildman–Crippen MR) is 80.3 cm³/mol. The number of carbonyl (C=O) groups is 1. The van der Waals surface area contributed by atoms with Gasteiger partial charge in [-0.2, -0.15) is 0 Å². The molecule has 2 aromatic carbocycles. The maximum absolute atomic E-state index is 12.1. The van der Waals surface area contributed by atoms with Crippen molar-refractivity contribution in [3.05, 3.63) is 65.9 Å². The predicted octanol–water partition coefficient (Wildman–Crippen LogP) is 2.68. The third-order valence-corrected chi connectivity index (χ3v) is 3.19. The van der Waals surface area contributed by atoms with Gasteiger partial charge in [-0.3, -0.25) is 4.79 Å². The second-order valence-corrected chi connectivity index (χ2v) is 4.70. The van der Waals surface area contributed by atoms with Gasteiger partial charge in [-0.1, -0.05) is 30.3 Å². The molecule has 0 radical (unpaired) electrons. The van der Waals surface area contributed by atoms with Gasteiger partial charge >= 0.3 is 0 Å². The summed E-state index contributed by atoms with van der Waals surface area (Å²) in [7, 11) is 0. The molecule has 1 heterocycles. The van der Waals surface area contributed by atoms with E-state index in [4.69, 9.17) is 5.73 Å². The van der Waals surface area contributed by atoms with Crippen LogP contribution in [0.2, 0.25) is 0 Å². The Morgan fingerprint density at radius 1 is 1.10 bits per heavy atom. The number of carbonyl (C=O) groups excluding carboxylic acids is 1. The van der Waals surface area contributed by atoms with E-state index in [-0.39, 0.29) is 5.91 Å². The normalized spacial score (nSPS) is 10.6. The fourth-order valence-corrected chi connectivity index (χ4v) is 2.15. The number of fused-ring (bicyclic) bond motifs is 1. The molecule has 0 saturated carbocycles. The molecule has 1 amide bonds. The van der Waals surface area contributed by atoms with Gasteiger partial charge in [0.05, 0.1) is 0 Å². The molecule has 0 saturated heterocycles. The summed E-state index contributed by atoms with van der Waals surface area (Å²) in [6.07, 6.45) is 0. The van der Waals surface area contributed by atoms with Crippen molar-refractivity contribution in [3.8, 4) is 0 Å². The van der Waals surface area contributed by atoms with Gasteiger partial charge in [-0.05, 0) is 29.8 Å². The van der Waals surface area contributed by atoms with Crippen molar-refractivity contribution in [2.24, 2.45) is 0 Å². The highest BCUT2D eigenvalue weighted by Crippen LogP contribution is 2.18. The molecular formula is C16H15N3O. The van der Waals surface area contributed by atoms with Crippen LogP contribution in [0.4, 0.5) is 5.69 Å². The van der Waals surface area contributed by atoms with Crippen molar-refractivity contribution in [1.29, 1.82) is 0 Å². The molecule has 20 heavy (non-hydrogen) atoms. The monoisotopic (exact) mass is 265 g/mol. The Balaban J connectivity index is 1.75. The van der Waals surface area contributed by atoms with E-state index >= 15 is 0 Å². The molecule has 0 spiro atoms. The molecule has 3 rings (SSSR count). The molecule has 0 aliphatic heterocycles. The van der Waals surface area contributed by atoms with Crippen molar-refractivity contribution in [2.45, 2.75) is 6.54 Å². The van der Waals surface area contributed by atoms with Crippen LogP contribution in [0.1, 0.15) is 16.1 Å². The van der Waals surface area contributed by atoms with Gasteiger partial charge in [-0.15, -0.1) is 0 Å². The molecule has 3 aromatic rings. The van der Waals surface area contributed by atoms with Crippen LogP contribution in [0.3, 0.4) is 0 Å². The maximum atomic E-state index is 12.1. The summed E-state index contributed by atoms with van der Waals surface area (Å²) in [5, 5.41) is 3.83. The zero-order valence-corrected chi connectivity index (χ0v) is 10.9. The van der Waals surface area contributed by atoms with Crippen LogP contribution in [-0.4, -0.2) is 10.9 Å². The van der Waals surface area contributed by atoms with Crippen LogP contribution >= 0.6 is 0 Å². The first-order valence-electron chi connectivity index (χ1n) is 6.43. The van der Waals surface area contributed by atoms with Crippen LogP contribution < -0.4 is 11.1 Å². The maximum Gasteiger partial charge on any atom is 0.267 e. The lowest BCUT2D eigenvalue weighted by atomic mass is 10.2. The number of amides is 1. The van der Waals surface area contributed by atoms with Crippen molar-refractivity contribution >= 4 is 22.5 Å². The number of aromatic nitrogens is 1. The number of nitrogen functional groups attached to an aromatic ring is 1. The average Bonchev–Trinajstić information content (AvgIpc) is 2.89. The van der Waals surface area contributed by atoms with Crippen molar-refractivity contribution < 1.29 is 4.79 Å². The van der Waals surface area contributed by atoms with Crippen LogP contribution in [0.15, 0.2) is 54.6 Å². The summed E-state index contributed by atoms with van der Waals surface area (Å²) >= 11 is 0. The number of nitrogens with one attached hydrogen (secondary N) is 2. The SMILES string of the molecule is Nc1ccc2[nH]c(C(=O)NCc3ccccc3)cc2c1. The fourth-order valence-electron chi connectivity index (χ4n) is 2.15. The van der Waals surface area contributed by atoms with E-state index < -0.39 is 0 Å². The minimum atomic E-state index is -0.122. The number of benzene rings is 2. The van der Waals surface area contributed by atoms with Crippen molar-refractivity contribution in [3.63, 3.8) is 0 Å². The van der Waals surface area contributed by atoms with E-state index in [0.29, 0.717) is 17.9 Å². The highest BCUT2D eigenvalue weighted by molar-refractivity contribution is 5.98.